The summed E-state index contributed by atoms with van der Waals surface area (Å²) in [4.78, 5) is 25.4. The van der Waals surface area contributed by atoms with Crippen molar-refractivity contribution in [2.75, 3.05) is 0 Å². The van der Waals surface area contributed by atoms with Crippen LogP contribution >= 0.6 is 0 Å². The Kier molecular flexibility index (Phi) is 5.55. The third kappa shape index (κ3) is 3.31. The highest BCUT2D eigenvalue weighted by molar-refractivity contribution is 5.95. The first-order chi connectivity index (χ1) is 15.1. The molecule has 0 bridgehead atoms. The Hall–Kier alpha value is -0.960. The summed E-state index contributed by atoms with van der Waals surface area (Å²) in [6.07, 6.45) is 9.29. The maximum absolute atomic E-state index is 13.2. The molecule has 0 saturated heterocycles. The molecule has 0 aromatic carbocycles. The Balaban J connectivity index is 1.34. The number of allylic oxidation sites excluding steroid dienone is 1. The number of carbonyl (C=O) groups is 2. The molecule has 5 aliphatic rings. The second-order valence-electron chi connectivity index (χ2n) is 13.2. The Morgan fingerprint density at radius 3 is 2.56 bits per heavy atom. The Morgan fingerprint density at radius 1 is 1.16 bits per heavy atom. The van der Waals surface area contributed by atoms with E-state index in [1.807, 2.05) is 0 Å². The fourth-order valence-corrected chi connectivity index (χ4v) is 9.49. The lowest BCUT2D eigenvalue weighted by Crippen LogP contribution is -2.58. The van der Waals surface area contributed by atoms with Crippen LogP contribution in [0.1, 0.15) is 91.9 Å². The normalized spacial score (nSPS) is 50.7. The van der Waals surface area contributed by atoms with Crippen LogP contribution in [0.15, 0.2) is 12.2 Å². The molecule has 5 fully saturated rings. The fraction of sp³-hybridized carbons (Fsp3) is 0.862. The molecular weight excluding hydrogens is 396 g/mol. The zero-order valence-electron chi connectivity index (χ0n) is 20.7. The summed E-state index contributed by atoms with van der Waals surface area (Å²) in [7, 11) is 0. The third-order valence-corrected chi connectivity index (χ3v) is 11.8. The average molecular weight is 441 g/mol. The van der Waals surface area contributed by atoms with E-state index in [0.717, 1.165) is 56.4 Å². The second-order valence-corrected chi connectivity index (χ2v) is 13.2. The van der Waals surface area contributed by atoms with Crippen molar-refractivity contribution in [1.29, 1.82) is 0 Å². The molecule has 0 aromatic rings. The summed E-state index contributed by atoms with van der Waals surface area (Å²) in [6.45, 7) is 13.6. The van der Waals surface area contributed by atoms with E-state index >= 15 is 0 Å². The Bertz CT molecular complexity index is 815. The Labute approximate surface area is 194 Å². The highest BCUT2D eigenvalue weighted by atomic mass is 16.3. The minimum atomic E-state index is -0.375. The number of aliphatic hydroxyl groups is 1. The first-order valence-electron chi connectivity index (χ1n) is 13.5. The van der Waals surface area contributed by atoms with Crippen LogP contribution in [-0.4, -0.2) is 22.8 Å². The van der Waals surface area contributed by atoms with Gasteiger partial charge in [-0.05, 0) is 103 Å². The van der Waals surface area contributed by atoms with Gasteiger partial charge in [0, 0.05) is 24.7 Å². The van der Waals surface area contributed by atoms with Gasteiger partial charge >= 0.3 is 0 Å². The first kappa shape index (κ1) is 22.8. The minimum absolute atomic E-state index is 0.123. The zero-order valence-corrected chi connectivity index (χ0v) is 20.7. The van der Waals surface area contributed by atoms with Crippen molar-refractivity contribution in [1.82, 2.24) is 0 Å². The van der Waals surface area contributed by atoms with Gasteiger partial charge in [0.25, 0.3) is 0 Å². The molecule has 178 valence electrons. The third-order valence-electron chi connectivity index (χ3n) is 11.8. The number of fused-ring (bicyclic) bond motifs is 5. The van der Waals surface area contributed by atoms with E-state index in [0.29, 0.717) is 47.7 Å². The molecule has 32 heavy (non-hydrogen) atoms. The minimum Gasteiger partial charge on any atom is -0.393 e. The SMILES string of the molecule is C=C(C(=O)CC(C)[C@@H]1C[C@H]1C)[C@H]1CC[C@H]2[C@@H]3CC[C@H]4CC(=O)CC[C@]4(C)[C@H]3C[C@@H](O)[C@]12C. The highest BCUT2D eigenvalue weighted by Crippen LogP contribution is 2.68. The monoisotopic (exact) mass is 440 g/mol. The summed E-state index contributed by atoms with van der Waals surface area (Å²) >= 11 is 0. The average Bonchev–Trinajstić information content (AvgIpc) is 3.37. The van der Waals surface area contributed by atoms with Gasteiger partial charge < -0.3 is 5.11 Å². The predicted molar refractivity (Wildman–Crippen MR) is 127 cm³/mol. The summed E-state index contributed by atoms with van der Waals surface area (Å²) in [5.74, 6) is 4.85. The van der Waals surface area contributed by atoms with Crippen molar-refractivity contribution in [2.24, 2.45) is 58.2 Å². The number of hydrogen-bond donors (Lipinski definition) is 1. The van der Waals surface area contributed by atoms with E-state index < -0.39 is 0 Å². The van der Waals surface area contributed by atoms with Crippen LogP contribution in [0.5, 0.6) is 0 Å². The summed E-state index contributed by atoms with van der Waals surface area (Å²) in [5.41, 5.74) is 0.772. The molecule has 0 heterocycles. The second kappa shape index (κ2) is 7.79. The standard InChI is InChI=1S/C29H44O3/c1-16-12-22(16)17(2)13-26(31)18(3)23-8-9-24-21-7-6-19-14-20(30)10-11-28(19,4)25(21)15-27(32)29(23,24)5/h16-17,19,21-25,27,32H,3,6-15H2,1-2,4-5H3/t16-,17?,19+,21+,22-,23-,24+,25+,27-,28+,29-/m1/s1. The zero-order chi connectivity index (χ0) is 23.0. The van der Waals surface area contributed by atoms with Crippen molar-refractivity contribution in [3.63, 3.8) is 0 Å². The van der Waals surface area contributed by atoms with Crippen molar-refractivity contribution in [2.45, 2.75) is 98.0 Å². The van der Waals surface area contributed by atoms with Crippen molar-refractivity contribution in [3.05, 3.63) is 12.2 Å². The summed E-state index contributed by atoms with van der Waals surface area (Å²) in [5, 5.41) is 11.6. The van der Waals surface area contributed by atoms with Gasteiger partial charge in [0.1, 0.15) is 5.78 Å². The number of carbonyl (C=O) groups excluding carboxylic acids is 2. The van der Waals surface area contributed by atoms with Crippen LogP contribution in [0.25, 0.3) is 0 Å². The fourth-order valence-electron chi connectivity index (χ4n) is 9.49. The molecule has 5 rings (SSSR count). The van der Waals surface area contributed by atoms with Gasteiger partial charge in [-0.2, -0.15) is 0 Å². The van der Waals surface area contributed by atoms with E-state index in [1.54, 1.807) is 0 Å². The smallest absolute Gasteiger partial charge is 0.158 e. The lowest BCUT2D eigenvalue weighted by molar-refractivity contribution is -0.164. The number of aliphatic hydroxyl groups excluding tert-OH is 1. The molecule has 3 nitrogen and oxygen atoms in total. The van der Waals surface area contributed by atoms with Gasteiger partial charge in [-0.3, -0.25) is 9.59 Å². The summed E-state index contributed by atoms with van der Waals surface area (Å²) < 4.78 is 0. The lowest BCUT2D eigenvalue weighted by Gasteiger charge is -2.61. The van der Waals surface area contributed by atoms with Crippen LogP contribution in [-0.2, 0) is 9.59 Å². The van der Waals surface area contributed by atoms with Crippen LogP contribution < -0.4 is 0 Å². The molecule has 0 amide bonds. The van der Waals surface area contributed by atoms with Crippen LogP contribution in [0.3, 0.4) is 0 Å². The van der Waals surface area contributed by atoms with E-state index in [-0.39, 0.29) is 28.6 Å². The molecule has 0 radical (unpaired) electrons. The van der Waals surface area contributed by atoms with Gasteiger partial charge in [0.15, 0.2) is 5.78 Å². The quantitative estimate of drug-likeness (QED) is 0.534. The molecule has 0 spiro atoms. The number of Topliss-reactive ketones (excluding diaryl/α,β-unsaturated/α-hetero) is 2. The molecule has 0 aliphatic heterocycles. The van der Waals surface area contributed by atoms with Gasteiger partial charge in [-0.25, -0.2) is 0 Å². The highest BCUT2D eigenvalue weighted by Gasteiger charge is 2.63. The van der Waals surface area contributed by atoms with E-state index in [4.69, 9.17) is 0 Å². The topological polar surface area (TPSA) is 54.4 Å². The Morgan fingerprint density at radius 2 is 1.88 bits per heavy atom. The molecule has 5 saturated carbocycles. The number of hydrogen-bond acceptors (Lipinski definition) is 3. The van der Waals surface area contributed by atoms with Gasteiger partial charge in [-0.15, -0.1) is 0 Å². The van der Waals surface area contributed by atoms with Gasteiger partial charge in [0.05, 0.1) is 6.10 Å². The number of rotatable bonds is 5. The van der Waals surface area contributed by atoms with Crippen LogP contribution in [0.4, 0.5) is 0 Å². The van der Waals surface area contributed by atoms with Crippen LogP contribution in [0.2, 0.25) is 0 Å². The molecule has 3 heteroatoms. The van der Waals surface area contributed by atoms with Crippen LogP contribution in [0, 0.1) is 58.2 Å². The summed E-state index contributed by atoms with van der Waals surface area (Å²) in [6, 6.07) is 0. The molecule has 11 atom stereocenters. The van der Waals surface area contributed by atoms with E-state index in [2.05, 4.69) is 34.3 Å². The maximum Gasteiger partial charge on any atom is 0.158 e. The van der Waals surface area contributed by atoms with Crippen molar-refractivity contribution >= 4 is 11.6 Å². The molecule has 1 N–H and O–H groups in total. The molecule has 0 aromatic heterocycles. The van der Waals surface area contributed by atoms with Gasteiger partial charge in [0.2, 0.25) is 0 Å². The van der Waals surface area contributed by atoms with Crippen molar-refractivity contribution < 1.29 is 14.7 Å². The largest absolute Gasteiger partial charge is 0.393 e. The van der Waals surface area contributed by atoms with Crippen molar-refractivity contribution in [3.8, 4) is 0 Å². The van der Waals surface area contributed by atoms with Gasteiger partial charge in [-0.1, -0.05) is 34.3 Å². The molecule has 5 aliphatic carbocycles. The molecular formula is C29H44O3. The first-order valence-corrected chi connectivity index (χ1v) is 13.5. The maximum atomic E-state index is 13.2. The molecule has 1 unspecified atom stereocenters. The predicted octanol–water partition coefficient (Wildman–Crippen LogP) is 5.99. The number of ketones is 2. The van der Waals surface area contributed by atoms with E-state index in [9.17, 15) is 14.7 Å². The lowest BCUT2D eigenvalue weighted by atomic mass is 9.44. The van der Waals surface area contributed by atoms with E-state index in [1.165, 1.54) is 12.8 Å².